The van der Waals surface area contributed by atoms with E-state index in [1.807, 2.05) is 0 Å². The van der Waals surface area contributed by atoms with Crippen molar-refractivity contribution in [2.45, 2.75) is 38.3 Å². The Morgan fingerprint density at radius 3 is 2.76 bits per heavy atom. The zero-order valence-corrected chi connectivity index (χ0v) is 10.3. The molecule has 1 aliphatic rings. The predicted octanol–water partition coefficient (Wildman–Crippen LogP) is 0.789. The van der Waals surface area contributed by atoms with Crippen LogP contribution in [-0.2, 0) is 19.1 Å². The molecule has 17 heavy (non-hydrogen) atoms. The molecule has 1 amide bonds. The fourth-order valence-corrected chi connectivity index (χ4v) is 1.73. The van der Waals surface area contributed by atoms with E-state index in [2.05, 4.69) is 16.6 Å². The molecule has 1 fully saturated rings. The van der Waals surface area contributed by atoms with E-state index >= 15 is 0 Å². The van der Waals surface area contributed by atoms with E-state index < -0.39 is 18.1 Å². The SMILES string of the molecule is C=C(C)C[C@@H](NC(=O)[C@H]1CCCO1)C(=O)OC. The summed E-state index contributed by atoms with van der Waals surface area (Å²) in [5.41, 5.74) is 0.813. The van der Waals surface area contributed by atoms with Gasteiger partial charge < -0.3 is 14.8 Å². The summed E-state index contributed by atoms with van der Waals surface area (Å²) in [7, 11) is 1.30. The Bertz CT molecular complexity index is 308. The van der Waals surface area contributed by atoms with Gasteiger partial charge in [0, 0.05) is 6.61 Å². The first-order valence-corrected chi connectivity index (χ1v) is 5.68. The topological polar surface area (TPSA) is 64.6 Å². The molecule has 1 heterocycles. The van der Waals surface area contributed by atoms with Crippen molar-refractivity contribution < 1.29 is 19.1 Å². The lowest BCUT2D eigenvalue weighted by Gasteiger charge is -2.18. The summed E-state index contributed by atoms with van der Waals surface area (Å²) in [5.74, 6) is -0.710. The highest BCUT2D eigenvalue weighted by atomic mass is 16.5. The van der Waals surface area contributed by atoms with Gasteiger partial charge in [0.25, 0.3) is 0 Å². The van der Waals surface area contributed by atoms with Crippen molar-refractivity contribution in [3.8, 4) is 0 Å². The van der Waals surface area contributed by atoms with E-state index in [1.54, 1.807) is 6.92 Å². The molecule has 0 aromatic carbocycles. The van der Waals surface area contributed by atoms with Gasteiger partial charge in [0.2, 0.25) is 5.91 Å². The van der Waals surface area contributed by atoms with Crippen molar-refractivity contribution in [3.05, 3.63) is 12.2 Å². The van der Waals surface area contributed by atoms with Crippen LogP contribution in [-0.4, -0.2) is 37.7 Å². The van der Waals surface area contributed by atoms with Gasteiger partial charge in [-0.25, -0.2) is 4.79 Å². The largest absolute Gasteiger partial charge is 0.467 e. The Hall–Kier alpha value is -1.36. The number of hydrogen-bond acceptors (Lipinski definition) is 4. The Balaban J connectivity index is 2.55. The second-order valence-electron chi connectivity index (χ2n) is 4.25. The molecule has 1 N–H and O–H groups in total. The molecule has 96 valence electrons. The maximum absolute atomic E-state index is 11.8. The molecule has 2 atom stereocenters. The lowest BCUT2D eigenvalue weighted by atomic mass is 10.1. The zero-order valence-electron chi connectivity index (χ0n) is 10.3. The van der Waals surface area contributed by atoms with E-state index in [9.17, 15) is 9.59 Å². The molecular formula is C12H19NO4. The average molecular weight is 241 g/mol. The highest BCUT2D eigenvalue weighted by Gasteiger charge is 2.28. The number of ether oxygens (including phenoxy) is 2. The van der Waals surface area contributed by atoms with Crippen LogP contribution in [0.15, 0.2) is 12.2 Å². The van der Waals surface area contributed by atoms with Gasteiger partial charge >= 0.3 is 5.97 Å². The number of amides is 1. The first-order valence-electron chi connectivity index (χ1n) is 5.68. The van der Waals surface area contributed by atoms with Gasteiger partial charge in [-0.05, 0) is 26.2 Å². The van der Waals surface area contributed by atoms with E-state index in [0.29, 0.717) is 19.4 Å². The third-order valence-electron chi connectivity index (χ3n) is 2.58. The molecule has 0 saturated carbocycles. The molecular weight excluding hydrogens is 222 g/mol. The average Bonchev–Trinajstić information content (AvgIpc) is 2.79. The summed E-state index contributed by atoms with van der Waals surface area (Å²) in [6.45, 7) is 6.12. The molecule has 1 aliphatic heterocycles. The monoisotopic (exact) mass is 241 g/mol. The van der Waals surface area contributed by atoms with E-state index in [-0.39, 0.29) is 5.91 Å². The number of rotatable bonds is 5. The molecule has 5 nitrogen and oxygen atoms in total. The highest BCUT2D eigenvalue weighted by molar-refractivity contribution is 5.87. The van der Waals surface area contributed by atoms with Gasteiger partial charge in [0.05, 0.1) is 7.11 Å². The number of hydrogen-bond donors (Lipinski definition) is 1. The van der Waals surface area contributed by atoms with Crippen molar-refractivity contribution in [1.29, 1.82) is 0 Å². The first-order chi connectivity index (χ1) is 8.04. The molecule has 0 aliphatic carbocycles. The summed E-state index contributed by atoms with van der Waals surface area (Å²) < 4.78 is 9.89. The van der Waals surface area contributed by atoms with E-state index in [4.69, 9.17) is 4.74 Å². The molecule has 0 aromatic heterocycles. The second kappa shape index (κ2) is 6.39. The lowest BCUT2D eigenvalue weighted by Crippen LogP contribution is -2.45. The Morgan fingerprint density at radius 2 is 2.29 bits per heavy atom. The first kappa shape index (κ1) is 13.7. The number of carbonyl (C=O) groups is 2. The molecule has 0 radical (unpaired) electrons. The summed E-state index contributed by atoms with van der Waals surface area (Å²) in [5, 5.41) is 2.64. The van der Waals surface area contributed by atoms with Crippen molar-refractivity contribution in [1.82, 2.24) is 5.32 Å². The van der Waals surface area contributed by atoms with E-state index in [0.717, 1.165) is 12.0 Å². The fourth-order valence-electron chi connectivity index (χ4n) is 1.73. The van der Waals surface area contributed by atoms with Crippen LogP contribution in [0.1, 0.15) is 26.2 Å². The molecule has 0 spiro atoms. The number of esters is 1. The number of nitrogens with one attached hydrogen (secondary N) is 1. The minimum atomic E-state index is -0.672. The van der Waals surface area contributed by atoms with Gasteiger partial charge in [0.15, 0.2) is 0 Å². The van der Waals surface area contributed by atoms with Gasteiger partial charge in [-0.3, -0.25) is 4.79 Å². The predicted molar refractivity (Wildman–Crippen MR) is 62.4 cm³/mol. The second-order valence-corrected chi connectivity index (χ2v) is 4.25. The minimum absolute atomic E-state index is 0.251. The van der Waals surface area contributed by atoms with Crippen molar-refractivity contribution >= 4 is 11.9 Å². The summed E-state index contributed by atoms with van der Waals surface area (Å²) in [4.78, 5) is 23.3. The highest BCUT2D eigenvalue weighted by Crippen LogP contribution is 2.13. The quantitative estimate of drug-likeness (QED) is 0.571. The minimum Gasteiger partial charge on any atom is -0.467 e. The third-order valence-corrected chi connectivity index (χ3v) is 2.58. The van der Waals surface area contributed by atoms with Crippen molar-refractivity contribution in [3.63, 3.8) is 0 Å². The maximum Gasteiger partial charge on any atom is 0.328 e. The molecule has 1 rings (SSSR count). The molecule has 0 unspecified atom stereocenters. The Morgan fingerprint density at radius 1 is 1.59 bits per heavy atom. The summed E-state index contributed by atoms with van der Waals surface area (Å²) in [6, 6.07) is -0.672. The fraction of sp³-hybridized carbons (Fsp3) is 0.667. The van der Waals surface area contributed by atoms with Gasteiger partial charge in [-0.15, -0.1) is 6.58 Å². The standard InChI is InChI=1S/C12H19NO4/c1-8(2)7-9(12(15)16-3)13-11(14)10-5-4-6-17-10/h9-10H,1,4-7H2,2-3H3,(H,13,14)/t9-,10-/m1/s1. The van der Waals surface area contributed by atoms with Crippen LogP contribution >= 0.6 is 0 Å². The summed E-state index contributed by atoms with van der Waals surface area (Å²) >= 11 is 0. The molecule has 1 saturated heterocycles. The number of methoxy groups -OCH3 is 1. The Kier molecular flexibility index (Phi) is 5.15. The molecule has 5 heteroatoms. The summed E-state index contributed by atoms with van der Waals surface area (Å²) in [6.07, 6.45) is 1.52. The van der Waals surface area contributed by atoms with Crippen LogP contribution in [0.3, 0.4) is 0 Å². The van der Waals surface area contributed by atoms with Gasteiger partial charge in [0.1, 0.15) is 12.1 Å². The van der Waals surface area contributed by atoms with Crippen LogP contribution in [0.2, 0.25) is 0 Å². The van der Waals surface area contributed by atoms with Gasteiger partial charge in [-0.2, -0.15) is 0 Å². The maximum atomic E-state index is 11.8. The molecule has 0 bridgehead atoms. The van der Waals surface area contributed by atoms with Crippen LogP contribution in [0.5, 0.6) is 0 Å². The van der Waals surface area contributed by atoms with Crippen LogP contribution in [0.25, 0.3) is 0 Å². The van der Waals surface area contributed by atoms with Crippen LogP contribution < -0.4 is 5.32 Å². The van der Waals surface area contributed by atoms with Crippen LogP contribution in [0, 0.1) is 0 Å². The van der Waals surface area contributed by atoms with Crippen LogP contribution in [0.4, 0.5) is 0 Å². The van der Waals surface area contributed by atoms with Crippen molar-refractivity contribution in [2.75, 3.05) is 13.7 Å². The van der Waals surface area contributed by atoms with E-state index in [1.165, 1.54) is 7.11 Å². The zero-order chi connectivity index (χ0) is 12.8. The van der Waals surface area contributed by atoms with Gasteiger partial charge in [-0.1, -0.05) is 5.57 Å². The molecule has 0 aromatic rings. The smallest absolute Gasteiger partial charge is 0.328 e. The Labute approximate surface area is 101 Å². The third kappa shape index (κ3) is 4.19. The number of carbonyl (C=O) groups excluding carboxylic acids is 2. The van der Waals surface area contributed by atoms with Crippen molar-refractivity contribution in [2.24, 2.45) is 0 Å². The normalized spacial score (nSPS) is 20.7. The lowest BCUT2D eigenvalue weighted by molar-refractivity contribution is -0.146.